The predicted molar refractivity (Wildman–Crippen MR) is 80.9 cm³/mol. The van der Waals surface area contributed by atoms with Gasteiger partial charge in [-0.2, -0.15) is 4.98 Å². The van der Waals surface area contributed by atoms with Crippen molar-refractivity contribution in [2.24, 2.45) is 0 Å². The number of aryl methyl sites for hydroxylation is 1. The van der Waals surface area contributed by atoms with Crippen molar-refractivity contribution in [1.29, 1.82) is 0 Å². The Kier molecular flexibility index (Phi) is 3.31. The van der Waals surface area contributed by atoms with Crippen LogP contribution in [0.1, 0.15) is 5.56 Å². The molecule has 0 spiro atoms. The third-order valence-corrected chi connectivity index (χ3v) is 3.27. The second-order valence-corrected chi connectivity index (χ2v) is 4.69. The fourth-order valence-corrected chi connectivity index (χ4v) is 2.19. The van der Waals surface area contributed by atoms with Crippen molar-refractivity contribution in [3.63, 3.8) is 0 Å². The molecule has 2 aromatic carbocycles. The molecule has 0 aliphatic carbocycles. The van der Waals surface area contributed by atoms with Crippen molar-refractivity contribution in [2.75, 3.05) is 12.8 Å². The molecular formula is C16H15N3O2. The van der Waals surface area contributed by atoms with E-state index in [0.29, 0.717) is 17.4 Å². The van der Waals surface area contributed by atoms with Gasteiger partial charge in [0.1, 0.15) is 5.75 Å². The molecule has 0 saturated heterocycles. The molecule has 0 unspecified atom stereocenters. The van der Waals surface area contributed by atoms with Crippen LogP contribution in [-0.2, 0) is 0 Å². The summed E-state index contributed by atoms with van der Waals surface area (Å²) in [7, 11) is 1.62. The van der Waals surface area contributed by atoms with E-state index in [9.17, 15) is 0 Å². The average molecular weight is 281 g/mol. The molecule has 5 heteroatoms. The van der Waals surface area contributed by atoms with E-state index in [4.69, 9.17) is 15.0 Å². The molecule has 0 fully saturated rings. The summed E-state index contributed by atoms with van der Waals surface area (Å²) in [5.74, 6) is 1.67. The summed E-state index contributed by atoms with van der Waals surface area (Å²) in [5.41, 5.74) is 9.22. The number of hydrogen-bond donors (Lipinski definition) is 1. The molecular weight excluding hydrogens is 266 g/mol. The quantitative estimate of drug-likeness (QED) is 0.745. The monoisotopic (exact) mass is 281 g/mol. The first kappa shape index (κ1) is 13.2. The number of nitrogen functional groups attached to an aromatic ring is 1. The molecule has 3 aromatic rings. The number of nitrogens with zero attached hydrogens (tertiary/aromatic N) is 2. The van der Waals surface area contributed by atoms with Gasteiger partial charge in [0.05, 0.1) is 12.7 Å². The lowest BCUT2D eigenvalue weighted by Crippen LogP contribution is -1.92. The molecule has 2 N–H and O–H groups in total. The minimum Gasteiger partial charge on any atom is -0.497 e. The van der Waals surface area contributed by atoms with Gasteiger partial charge in [0, 0.05) is 11.3 Å². The summed E-state index contributed by atoms with van der Waals surface area (Å²) in [6, 6.07) is 13.2. The highest BCUT2D eigenvalue weighted by Gasteiger charge is 2.15. The van der Waals surface area contributed by atoms with Gasteiger partial charge in [0.2, 0.25) is 5.82 Å². The fraction of sp³-hybridized carbons (Fsp3) is 0.125. The number of nitrogens with two attached hydrogens (primary N) is 1. The van der Waals surface area contributed by atoms with Gasteiger partial charge in [-0.3, -0.25) is 0 Å². The molecule has 106 valence electrons. The molecule has 0 aliphatic rings. The predicted octanol–water partition coefficient (Wildman–Crippen LogP) is 3.30. The van der Waals surface area contributed by atoms with E-state index in [-0.39, 0.29) is 0 Å². The van der Waals surface area contributed by atoms with Crippen molar-refractivity contribution in [1.82, 2.24) is 10.1 Å². The van der Waals surface area contributed by atoms with Crippen molar-refractivity contribution in [3.8, 4) is 28.6 Å². The topological polar surface area (TPSA) is 74.2 Å². The first-order valence-corrected chi connectivity index (χ1v) is 6.52. The van der Waals surface area contributed by atoms with Crippen LogP contribution in [0.15, 0.2) is 47.0 Å². The normalized spacial score (nSPS) is 10.6. The van der Waals surface area contributed by atoms with Crippen LogP contribution in [0.25, 0.3) is 22.8 Å². The zero-order chi connectivity index (χ0) is 14.8. The molecule has 3 rings (SSSR count). The third kappa shape index (κ3) is 2.45. The van der Waals surface area contributed by atoms with Gasteiger partial charge in [-0.1, -0.05) is 29.4 Å². The van der Waals surface area contributed by atoms with Crippen LogP contribution in [0.4, 0.5) is 5.69 Å². The summed E-state index contributed by atoms with van der Waals surface area (Å²) >= 11 is 0. The van der Waals surface area contributed by atoms with E-state index < -0.39 is 0 Å². The van der Waals surface area contributed by atoms with Crippen LogP contribution >= 0.6 is 0 Å². The Balaban J connectivity index is 2.04. The zero-order valence-corrected chi connectivity index (χ0v) is 11.8. The molecule has 1 heterocycles. The van der Waals surface area contributed by atoms with Crippen LogP contribution in [-0.4, -0.2) is 17.3 Å². The minimum atomic E-state index is 0.420. The Morgan fingerprint density at radius 2 is 1.95 bits per heavy atom. The molecule has 0 atom stereocenters. The fourth-order valence-electron chi connectivity index (χ4n) is 2.19. The Bertz CT molecular complexity index is 760. The maximum atomic E-state index is 6.00. The molecule has 0 bridgehead atoms. The molecule has 21 heavy (non-hydrogen) atoms. The van der Waals surface area contributed by atoms with Crippen LogP contribution < -0.4 is 10.5 Å². The molecule has 0 radical (unpaired) electrons. The van der Waals surface area contributed by atoms with Gasteiger partial charge in [0.25, 0.3) is 5.89 Å². The number of aromatic nitrogens is 2. The van der Waals surface area contributed by atoms with E-state index in [1.165, 1.54) is 0 Å². The van der Waals surface area contributed by atoms with Crippen molar-refractivity contribution in [2.45, 2.75) is 6.92 Å². The third-order valence-electron chi connectivity index (χ3n) is 3.27. The number of ether oxygens (including phenoxy) is 1. The minimum absolute atomic E-state index is 0.420. The Labute approximate surface area is 122 Å². The second kappa shape index (κ2) is 5.28. The maximum Gasteiger partial charge on any atom is 0.260 e. The lowest BCUT2D eigenvalue weighted by Gasteiger charge is -2.03. The molecule has 0 saturated carbocycles. The lowest BCUT2D eigenvalue weighted by molar-refractivity contribution is 0.414. The van der Waals surface area contributed by atoms with E-state index in [1.54, 1.807) is 7.11 Å². The Hall–Kier alpha value is -2.82. The SMILES string of the molecule is COc1cccc(-c2noc(-c3c(C)cccc3N)n2)c1. The first-order valence-electron chi connectivity index (χ1n) is 6.52. The largest absolute Gasteiger partial charge is 0.497 e. The van der Waals surface area contributed by atoms with Gasteiger partial charge in [0.15, 0.2) is 0 Å². The van der Waals surface area contributed by atoms with Gasteiger partial charge >= 0.3 is 0 Å². The number of hydrogen-bond acceptors (Lipinski definition) is 5. The van der Waals surface area contributed by atoms with Crippen LogP contribution in [0.3, 0.4) is 0 Å². The highest BCUT2D eigenvalue weighted by molar-refractivity contribution is 5.74. The van der Waals surface area contributed by atoms with Gasteiger partial charge < -0.3 is 15.0 Å². The van der Waals surface area contributed by atoms with E-state index in [1.807, 2.05) is 49.4 Å². The van der Waals surface area contributed by atoms with E-state index in [2.05, 4.69) is 10.1 Å². The smallest absolute Gasteiger partial charge is 0.260 e. The molecule has 0 aliphatic heterocycles. The Morgan fingerprint density at radius 1 is 1.14 bits per heavy atom. The summed E-state index contributed by atoms with van der Waals surface area (Å²) in [6.45, 7) is 1.96. The first-order chi connectivity index (χ1) is 10.2. The number of anilines is 1. The van der Waals surface area contributed by atoms with Gasteiger partial charge in [-0.05, 0) is 30.7 Å². The number of rotatable bonds is 3. The summed E-state index contributed by atoms with van der Waals surface area (Å²) in [6.07, 6.45) is 0. The highest BCUT2D eigenvalue weighted by Crippen LogP contribution is 2.30. The second-order valence-electron chi connectivity index (χ2n) is 4.69. The lowest BCUT2D eigenvalue weighted by atomic mass is 10.1. The zero-order valence-electron chi connectivity index (χ0n) is 11.8. The molecule has 5 nitrogen and oxygen atoms in total. The standard InChI is InChI=1S/C16H15N3O2/c1-10-5-3-8-13(17)14(10)16-18-15(19-21-16)11-6-4-7-12(9-11)20-2/h3-9H,17H2,1-2H3. The highest BCUT2D eigenvalue weighted by atomic mass is 16.5. The van der Waals surface area contributed by atoms with Crippen LogP contribution in [0, 0.1) is 6.92 Å². The van der Waals surface area contributed by atoms with Crippen LogP contribution in [0.5, 0.6) is 5.75 Å². The van der Waals surface area contributed by atoms with E-state index >= 15 is 0 Å². The van der Waals surface area contributed by atoms with E-state index in [0.717, 1.165) is 22.4 Å². The summed E-state index contributed by atoms with van der Waals surface area (Å²) < 4.78 is 10.6. The van der Waals surface area contributed by atoms with Gasteiger partial charge in [-0.15, -0.1) is 0 Å². The Morgan fingerprint density at radius 3 is 2.71 bits per heavy atom. The van der Waals surface area contributed by atoms with Crippen molar-refractivity contribution < 1.29 is 9.26 Å². The number of methoxy groups -OCH3 is 1. The molecule has 0 amide bonds. The molecule has 1 aromatic heterocycles. The summed E-state index contributed by atoms with van der Waals surface area (Å²) in [5, 5.41) is 4.02. The van der Waals surface area contributed by atoms with Crippen LogP contribution in [0.2, 0.25) is 0 Å². The average Bonchev–Trinajstić information content (AvgIpc) is 2.97. The number of benzene rings is 2. The van der Waals surface area contributed by atoms with Crippen molar-refractivity contribution in [3.05, 3.63) is 48.0 Å². The van der Waals surface area contributed by atoms with Crippen molar-refractivity contribution >= 4 is 5.69 Å². The maximum absolute atomic E-state index is 6.00. The summed E-state index contributed by atoms with van der Waals surface area (Å²) in [4.78, 5) is 4.43. The van der Waals surface area contributed by atoms with Gasteiger partial charge in [-0.25, -0.2) is 0 Å².